The topological polar surface area (TPSA) is 54.3 Å². The first-order valence-electron chi connectivity index (χ1n) is 10.1. The number of nitrogens with zero attached hydrogens (tertiary/aromatic N) is 2. The fourth-order valence-electron chi connectivity index (χ4n) is 3.82. The fraction of sp³-hybridized carbons (Fsp3) is 0.250. The van der Waals surface area contributed by atoms with E-state index in [2.05, 4.69) is 5.32 Å². The first kappa shape index (κ1) is 20.2. The highest BCUT2D eigenvalue weighted by molar-refractivity contribution is 6.30. The van der Waals surface area contributed by atoms with Crippen LogP contribution in [0.25, 0.3) is 0 Å². The van der Waals surface area contributed by atoms with Crippen LogP contribution in [0.3, 0.4) is 0 Å². The molecule has 2 aromatic carbocycles. The summed E-state index contributed by atoms with van der Waals surface area (Å²) < 4.78 is 1.94. The van der Waals surface area contributed by atoms with Gasteiger partial charge in [0.25, 0.3) is 5.91 Å². The Balaban J connectivity index is 1.31. The van der Waals surface area contributed by atoms with Gasteiger partial charge in [-0.25, -0.2) is 0 Å². The van der Waals surface area contributed by atoms with Crippen LogP contribution in [0, 0.1) is 5.92 Å². The molecule has 2 heterocycles. The molecule has 1 fully saturated rings. The molecule has 3 aromatic rings. The minimum absolute atomic E-state index is 0.112. The molecule has 1 aromatic heterocycles. The van der Waals surface area contributed by atoms with Gasteiger partial charge in [0.2, 0.25) is 5.91 Å². The van der Waals surface area contributed by atoms with Crippen LogP contribution in [0.4, 0.5) is 0 Å². The van der Waals surface area contributed by atoms with Crippen LogP contribution < -0.4 is 5.32 Å². The second-order valence-corrected chi connectivity index (χ2v) is 8.12. The van der Waals surface area contributed by atoms with Gasteiger partial charge in [0.15, 0.2) is 0 Å². The van der Waals surface area contributed by atoms with E-state index in [4.69, 9.17) is 11.6 Å². The Morgan fingerprint density at radius 2 is 1.70 bits per heavy atom. The minimum Gasteiger partial charge on any atom is -0.350 e. The van der Waals surface area contributed by atoms with Gasteiger partial charge in [0.1, 0.15) is 5.69 Å². The molecule has 0 radical (unpaired) electrons. The normalized spacial score (nSPS) is 16.1. The Bertz CT molecular complexity index is 1010. The first-order valence-corrected chi connectivity index (χ1v) is 10.5. The van der Waals surface area contributed by atoms with E-state index in [1.54, 1.807) is 0 Å². The van der Waals surface area contributed by atoms with E-state index in [1.807, 2.05) is 82.4 Å². The summed E-state index contributed by atoms with van der Waals surface area (Å²) in [5.74, 6) is 0.127. The lowest BCUT2D eigenvalue weighted by Gasteiger charge is -2.17. The van der Waals surface area contributed by atoms with Crippen LogP contribution in [0.1, 0.15) is 28.0 Å². The number of amides is 2. The van der Waals surface area contributed by atoms with Crippen molar-refractivity contribution in [3.8, 4) is 0 Å². The van der Waals surface area contributed by atoms with Crippen molar-refractivity contribution in [1.29, 1.82) is 0 Å². The number of aromatic nitrogens is 1. The maximum atomic E-state index is 12.7. The maximum Gasteiger partial charge on any atom is 0.267 e. The van der Waals surface area contributed by atoms with Crippen molar-refractivity contribution in [2.45, 2.75) is 19.5 Å². The Kier molecular flexibility index (Phi) is 6.19. The lowest BCUT2D eigenvalue weighted by atomic mass is 10.1. The van der Waals surface area contributed by atoms with Crippen LogP contribution in [-0.4, -0.2) is 34.4 Å². The number of carbonyl (C=O) groups excluding carboxylic acids is 2. The first-order chi connectivity index (χ1) is 14.6. The summed E-state index contributed by atoms with van der Waals surface area (Å²) in [7, 11) is 0. The predicted molar refractivity (Wildman–Crippen MR) is 117 cm³/mol. The monoisotopic (exact) mass is 421 g/mol. The number of nitrogens with one attached hydrogen (secondary N) is 1. The van der Waals surface area contributed by atoms with E-state index < -0.39 is 0 Å². The summed E-state index contributed by atoms with van der Waals surface area (Å²) >= 11 is 5.93. The van der Waals surface area contributed by atoms with E-state index in [1.165, 1.54) is 0 Å². The minimum atomic E-state index is -0.112. The van der Waals surface area contributed by atoms with Crippen LogP contribution in [0.5, 0.6) is 0 Å². The van der Waals surface area contributed by atoms with Crippen LogP contribution >= 0.6 is 11.6 Å². The van der Waals surface area contributed by atoms with E-state index in [-0.39, 0.29) is 17.7 Å². The molecule has 6 heteroatoms. The Morgan fingerprint density at radius 1 is 0.967 bits per heavy atom. The van der Waals surface area contributed by atoms with E-state index in [0.29, 0.717) is 43.3 Å². The highest BCUT2D eigenvalue weighted by Crippen LogP contribution is 2.21. The third-order valence-corrected chi connectivity index (χ3v) is 5.64. The SMILES string of the molecule is O=C(NCC1CC(=O)N(Cc2ccc(Cl)cc2)C1)c1cccn1Cc1ccccc1. The van der Waals surface area contributed by atoms with Gasteiger partial charge in [0.05, 0.1) is 0 Å². The summed E-state index contributed by atoms with van der Waals surface area (Å²) in [6.07, 6.45) is 2.37. The molecule has 1 aliphatic heterocycles. The number of hydrogen-bond acceptors (Lipinski definition) is 2. The Labute approximate surface area is 181 Å². The number of carbonyl (C=O) groups is 2. The lowest BCUT2D eigenvalue weighted by Crippen LogP contribution is -2.32. The van der Waals surface area contributed by atoms with Crippen LogP contribution in [0.15, 0.2) is 72.9 Å². The van der Waals surface area contributed by atoms with Crippen molar-refractivity contribution in [2.75, 3.05) is 13.1 Å². The molecule has 1 N–H and O–H groups in total. The van der Waals surface area contributed by atoms with Crippen molar-refractivity contribution < 1.29 is 9.59 Å². The largest absolute Gasteiger partial charge is 0.350 e. The maximum absolute atomic E-state index is 12.7. The molecule has 0 bridgehead atoms. The number of likely N-dealkylation sites (tertiary alicyclic amines) is 1. The average Bonchev–Trinajstić information content (AvgIpc) is 3.35. The highest BCUT2D eigenvalue weighted by atomic mass is 35.5. The molecule has 0 aliphatic carbocycles. The van der Waals surface area contributed by atoms with Gasteiger partial charge in [-0.1, -0.05) is 54.1 Å². The van der Waals surface area contributed by atoms with Crippen molar-refractivity contribution >= 4 is 23.4 Å². The summed E-state index contributed by atoms with van der Waals surface area (Å²) in [6.45, 7) is 2.35. The summed E-state index contributed by atoms with van der Waals surface area (Å²) in [5.41, 5.74) is 2.82. The molecule has 4 rings (SSSR count). The third-order valence-electron chi connectivity index (χ3n) is 5.39. The molecule has 2 amide bonds. The third kappa shape index (κ3) is 4.92. The standard InChI is InChI=1S/C24H24ClN3O2/c25-21-10-8-19(9-11-21)16-28-17-20(13-23(28)29)14-26-24(30)22-7-4-12-27(22)15-18-5-2-1-3-6-18/h1-12,20H,13-17H2,(H,26,30). The smallest absolute Gasteiger partial charge is 0.267 e. The van der Waals surface area contributed by atoms with Crippen molar-refractivity contribution in [3.63, 3.8) is 0 Å². The number of benzene rings is 2. The van der Waals surface area contributed by atoms with Gasteiger partial charge in [-0.15, -0.1) is 0 Å². The van der Waals surface area contributed by atoms with Gasteiger partial charge in [0, 0.05) is 49.7 Å². The average molecular weight is 422 g/mol. The zero-order chi connectivity index (χ0) is 20.9. The molecule has 30 heavy (non-hydrogen) atoms. The molecular weight excluding hydrogens is 398 g/mol. The molecule has 1 aliphatic rings. The number of hydrogen-bond donors (Lipinski definition) is 1. The van der Waals surface area contributed by atoms with Gasteiger partial charge in [-0.2, -0.15) is 0 Å². The highest BCUT2D eigenvalue weighted by Gasteiger charge is 2.29. The zero-order valence-corrected chi connectivity index (χ0v) is 17.4. The molecule has 1 unspecified atom stereocenters. The molecule has 0 saturated carbocycles. The van der Waals surface area contributed by atoms with Crippen LogP contribution in [0.2, 0.25) is 5.02 Å². The second-order valence-electron chi connectivity index (χ2n) is 7.69. The molecular formula is C24H24ClN3O2. The molecule has 154 valence electrons. The molecule has 5 nitrogen and oxygen atoms in total. The van der Waals surface area contributed by atoms with Crippen molar-refractivity contribution in [2.24, 2.45) is 5.92 Å². The summed E-state index contributed by atoms with van der Waals surface area (Å²) in [4.78, 5) is 26.9. The zero-order valence-electron chi connectivity index (χ0n) is 16.6. The van der Waals surface area contributed by atoms with E-state index >= 15 is 0 Å². The number of rotatable bonds is 7. The van der Waals surface area contributed by atoms with Crippen molar-refractivity contribution in [1.82, 2.24) is 14.8 Å². The molecule has 0 spiro atoms. The predicted octanol–water partition coefficient (Wildman–Crippen LogP) is 3.97. The fourth-order valence-corrected chi connectivity index (χ4v) is 3.95. The second kappa shape index (κ2) is 9.18. The lowest BCUT2D eigenvalue weighted by molar-refractivity contribution is -0.128. The Morgan fingerprint density at radius 3 is 2.47 bits per heavy atom. The van der Waals surface area contributed by atoms with Crippen molar-refractivity contribution in [3.05, 3.63) is 94.8 Å². The molecule has 1 saturated heterocycles. The summed E-state index contributed by atoms with van der Waals surface area (Å²) in [6, 6.07) is 21.3. The number of halogens is 1. The van der Waals surface area contributed by atoms with Gasteiger partial charge in [-0.3, -0.25) is 9.59 Å². The Hall–Kier alpha value is -3.05. The van der Waals surface area contributed by atoms with Gasteiger partial charge in [-0.05, 0) is 35.4 Å². The van der Waals surface area contributed by atoms with E-state index in [9.17, 15) is 9.59 Å². The van der Waals surface area contributed by atoms with E-state index in [0.717, 1.165) is 11.1 Å². The van der Waals surface area contributed by atoms with Gasteiger partial charge < -0.3 is 14.8 Å². The quantitative estimate of drug-likeness (QED) is 0.627. The molecule has 1 atom stereocenters. The summed E-state index contributed by atoms with van der Waals surface area (Å²) in [5, 5.41) is 3.69. The van der Waals surface area contributed by atoms with Gasteiger partial charge >= 0.3 is 0 Å². The van der Waals surface area contributed by atoms with Crippen LogP contribution in [-0.2, 0) is 17.9 Å².